The topological polar surface area (TPSA) is 12.0 Å². The van der Waals surface area contributed by atoms with E-state index in [-0.39, 0.29) is 0 Å². The molecule has 0 spiro atoms. The molecule has 1 unspecified atom stereocenters. The van der Waals surface area contributed by atoms with Crippen molar-refractivity contribution in [2.45, 2.75) is 46.6 Å². The fourth-order valence-electron chi connectivity index (χ4n) is 1.86. The van der Waals surface area contributed by atoms with Crippen LogP contribution < -0.4 is 5.32 Å². The van der Waals surface area contributed by atoms with Gasteiger partial charge in [0.2, 0.25) is 0 Å². The van der Waals surface area contributed by atoms with E-state index in [2.05, 4.69) is 37.5 Å². The van der Waals surface area contributed by atoms with Crippen molar-refractivity contribution < 1.29 is 0 Å². The molecule has 1 atom stereocenters. The molecule has 0 radical (unpaired) electrons. The first-order valence-corrected chi connectivity index (χ1v) is 6.91. The Bertz CT molecular complexity index is 267. The maximum atomic E-state index is 3.56. The van der Waals surface area contributed by atoms with Crippen molar-refractivity contribution in [3.05, 3.63) is 21.9 Å². The third-order valence-corrected chi connectivity index (χ3v) is 3.74. The summed E-state index contributed by atoms with van der Waals surface area (Å²) in [5.74, 6) is 0.806. The van der Waals surface area contributed by atoms with Gasteiger partial charge in [-0.15, -0.1) is 11.3 Å². The van der Waals surface area contributed by atoms with E-state index in [1.807, 2.05) is 11.3 Å². The van der Waals surface area contributed by atoms with E-state index in [9.17, 15) is 0 Å². The molecule has 1 aromatic heterocycles. The fourth-order valence-corrected chi connectivity index (χ4v) is 2.81. The van der Waals surface area contributed by atoms with Gasteiger partial charge in [0, 0.05) is 11.4 Å². The molecule has 1 nitrogen and oxygen atoms in total. The Morgan fingerprint density at radius 1 is 1.40 bits per heavy atom. The molecule has 0 bridgehead atoms. The Morgan fingerprint density at radius 3 is 2.87 bits per heavy atom. The Hall–Kier alpha value is -0.340. The van der Waals surface area contributed by atoms with Gasteiger partial charge in [-0.05, 0) is 42.3 Å². The zero-order valence-electron chi connectivity index (χ0n) is 10.2. The van der Waals surface area contributed by atoms with Gasteiger partial charge in [0.25, 0.3) is 0 Å². The Labute approximate surface area is 97.9 Å². The largest absolute Gasteiger partial charge is 0.312 e. The SMILES string of the molecule is CCCC(C)CNCc1sccc1CC. The summed E-state index contributed by atoms with van der Waals surface area (Å²) in [5.41, 5.74) is 1.51. The summed E-state index contributed by atoms with van der Waals surface area (Å²) in [4.78, 5) is 1.51. The predicted molar refractivity (Wildman–Crippen MR) is 69.5 cm³/mol. The van der Waals surface area contributed by atoms with Gasteiger partial charge < -0.3 is 5.32 Å². The summed E-state index contributed by atoms with van der Waals surface area (Å²) in [5, 5.41) is 5.76. The molecule has 1 N–H and O–H groups in total. The van der Waals surface area contributed by atoms with Crippen molar-refractivity contribution in [1.29, 1.82) is 0 Å². The molecule has 0 aliphatic carbocycles. The molecule has 0 aliphatic heterocycles. The van der Waals surface area contributed by atoms with Crippen LogP contribution >= 0.6 is 11.3 Å². The van der Waals surface area contributed by atoms with E-state index in [1.54, 1.807) is 0 Å². The molecule has 0 aromatic carbocycles. The first-order valence-electron chi connectivity index (χ1n) is 6.03. The lowest BCUT2D eigenvalue weighted by atomic mass is 10.1. The van der Waals surface area contributed by atoms with Gasteiger partial charge in [0.1, 0.15) is 0 Å². The van der Waals surface area contributed by atoms with Crippen molar-refractivity contribution in [2.24, 2.45) is 5.92 Å². The summed E-state index contributed by atoms with van der Waals surface area (Å²) in [6, 6.07) is 2.25. The highest BCUT2D eigenvalue weighted by molar-refractivity contribution is 7.10. The number of hydrogen-bond donors (Lipinski definition) is 1. The van der Waals surface area contributed by atoms with E-state index in [4.69, 9.17) is 0 Å². The third-order valence-electron chi connectivity index (χ3n) is 2.78. The van der Waals surface area contributed by atoms with Crippen molar-refractivity contribution in [1.82, 2.24) is 5.32 Å². The molecule has 1 rings (SSSR count). The quantitative estimate of drug-likeness (QED) is 0.743. The van der Waals surface area contributed by atoms with Gasteiger partial charge in [0.05, 0.1) is 0 Å². The van der Waals surface area contributed by atoms with Gasteiger partial charge in [-0.3, -0.25) is 0 Å². The molecule has 0 amide bonds. The van der Waals surface area contributed by atoms with Gasteiger partial charge in [-0.2, -0.15) is 0 Å². The van der Waals surface area contributed by atoms with Crippen molar-refractivity contribution >= 4 is 11.3 Å². The number of hydrogen-bond acceptors (Lipinski definition) is 2. The second kappa shape index (κ2) is 7.02. The maximum absolute atomic E-state index is 3.56. The highest BCUT2D eigenvalue weighted by atomic mass is 32.1. The van der Waals surface area contributed by atoms with E-state index in [0.29, 0.717) is 0 Å². The Morgan fingerprint density at radius 2 is 2.20 bits per heavy atom. The van der Waals surface area contributed by atoms with Crippen molar-refractivity contribution in [3.63, 3.8) is 0 Å². The van der Waals surface area contributed by atoms with Gasteiger partial charge in [0.15, 0.2) is 0 Å². The zero-order valence-corrected chi connectivity index (χ0v) is 11.0. The minimum atomic E-state index is 0.806. The van der Waals surface area contributed by atoms with Gasteiger partial charge >= 0.3 is 0 Å². The molecule has 0 fully saturated rings. The zero-order chi connectivity index (χ0) is 11.1. The summed E-state index contributed by atoms with van der Waals surface area (Å²) < 4.78 is 0. The van der Waals surface area contributed by atoms with Crippen molar-refractivity contribution in [3.8, 4) is 0 Å². The Kier molecular flexibility index (Phi) is 5.96. The van der Waals surface area contributed by atoms with E-state index in [1.165, 1.54) is 23.3 Å². The van der Waals surface area contributed by atoms with E-state index < -0.39 is 0 Å². The second-order valence-corrected chi connectivity index (χ2v) is 5.25. The number of rotatable bonds is 7. The molecule has 0 aliphatic rings. The fraction of sp³-hybridized carbons (Fsp3) is 0.692. The number of nitrogens with one attached hydrogen (secondary N) is 1. The lowest BCUT2D eigenvalue weighted by molar-refractivity contribution is 0.476. The maximum Gasteiger partial charge on any atom is 0.0302 e. The van der Waals surface area contributed by atoms with Crippen LogP contribution in [0.25, 0.3) is 0 Å². The molecule has 1 aromatic rings. The Balaban J connectivity index is 2.25. The molecule has 0 saturated carbocycles. The van der Waals surface area contributed by atoms with Crippen LogP contribution in [0.5, 0.6) is 0 Å². The number of aryl methyl sites for hydroxylation is 1. The predicted octanol–water partition coefficient (Wildman–Crippen LogP) is 3.84. The van der Waals surface area contributed by atoms with E-state index in [0.717, 1.165) is 25.4 Å². The molecule has 15 heavy (non-hydrogen) atoms. The van der Waals surface area contributed by atoms with Crippen molar-refractivity contribution in [2.75, 3.05) is 6.54 Å². The lowest BCUT2D eigenvalue weighted by Crippen LogP contribution is -2.20. The van der Waals surface area contributed by atoms with Crippen LogP contribution in [-0.4, -0.2) is 6.54 Å². The van der Waals surface area contributed by atoms with Crippen LogP contribution in [0.2, 0.25) is 0 Å². The normalized spacial score (nSPS) is 13.0. The lowest BCUT2D eigenvalue weighted by Gasteiger charge is -2.11. The van der Waals surface area contributed by atoms with E-state index >= 15 is 0 Å². The van der Waals surface area contributed by atoms with Crippen LogP contribution in [-0.2, 0) is 13.0 Å². The monoisotopic (exact) mass is 225 g/mol. The minimum absolute atomic E-state index is 0.806. The van der Waals surface area contributed by atoms with Crippen LogP contribution in [0.15, 0.2) is 11.4 Å². The smallest absolute Gasteiger partial charge is 0.0302 e. The van der Waals surface area contributed by atoms with Crippen LogP contribution in [0.3, 0.4) is 0 Å². The molecule has 1 heterocycles. The summed E-state index contributed by atoms with van der Waals surface area (Å²) in [7, 11) is 0. The molecular formula is C13H23NS. The average molecular weight is 225 g/mol. The molecule has 86 valence electrons. The minimum Gasteiger partial charge on any atom is -0.312 e. The average Bonchev–Trinajstić information content (AvgIpc) is 2.66. The molecular weight excluding hydrogens is 202 g/mol. The third kappa shape index (κ3) is 4.35. The summed E-state index contributed by atoms with van der Waals surface area (Å²) in [6.45, 7) is 9.01. The van der Waals surface area contributed by atoms with Crippen LogP contribution in [0, 0.1) is 5.92 Å². The second-order valence-electron chi connectivity index (χ2n) is 4.25. The first kappa shape index (κ1) is 12.7. The molecule has 2 heteroatoms. The first-order chi connectivity index (χ1) is 7.27. The highest BCUT2D eigenvalue weighted by Crippen LogP contribution is 2.17. The standard InChI is InChI=1S/C13H23NS/c1-4-6-11(3)9-14-10-13-12(5-2)7-8-15-13/h7-8,11,14H,4-6,9-10H2,1-3H3. The van der Waals surface area contributed by atoms with Gasteiger partial charge in [-0.25, -0.2) is 0 Å². The number of thiophene rings is 1. The van der Waals surface area contributed by atoms with Gasteiger partial charge in [-0.1, -0.05) is 27.2 Å². The molecule has 0 saturated heterocycles. The highest BCUT2D eigenvalue weighted by Gasteiger charge is 2.03. The van der Waals surface area contributed by atoms with Crippen LogP contribution in [0.4, 0.5) is 0 Å². The summed E-state index contributed by atoms with van der Waals surface area (Å²) in [6.07, 6.45) is 3.78. The summed E-state index contributed by atoms with van der Waals surface area (Å²) >= 11 is 1.88. The van der Waals surface area contributed by atoms with Crippen LogP contribution in [0.1, 0.15) is 44.1 Å².